The third-order valence-corrected chi connectivity index (χ3v) is 0.553. The van der Waals surface area contributed by atoms with E-state index >= 15 is 0 Å². The third-order valence-electron chi connectivity index (χ3n) is 0.0825. The van der Waals surface area contributed by atoms with Crippen LogP contribution < -0.4 is 0 Å². The van der Waals surface area contributed by atoms with Gasteiger partial charge in [-0.25, -0.2) is 0 Å². The summed E-state index contributed by atoms with van der Waals surface area (Å²) >= 11 is 5.71. The molecule has 0 aliphatic carbocycles. The van der Waals surface area contributed by atoms with E-state index in [1.807, 2.05) is 0 Å². The zero-order valence-corrected chi connectivity index (χ0v) is 9.44. The Hall–Kier alpha value is 1.79. The molecular formula is C2HF2I3. The number of halogens is 5. The van der Waals surface area contributed by atoms with Crippen LogP contribution in [0.2, 0.25) is 0 Å². The first-order valence-electron chi connectivity index (χ1n) is 1.03. The minimum Gasteiger partial charge on any atom is -0.173 e. The van der Waals surface area contributed by atoms with Gasteiger partial charge < -0.3 is 0 Å². The molecule has 0 atom stereocenters. The van der Waals surface area contributed by atoms with Crippen molar-refractivity contribution in [2.45, 2.75) is 0 Å². The van der Waals surface area contributed by atoms with Gasteiger partial charge in [-0.2, -0.15) is 8.78 Å². The third kappa shape index (κ3) is 18.2. The zero-order chi connectivity index (χ0) is 6.28. The molecular weight excluding hydrogens is 443 g/mol. The van der Waals surface area contributed by atoms with Gasteiger partial charge in [-0.1, -0.05) is 0 Å². The van der Waals surface area contributed by atoms with Crippen molar-refractivity contribution in [2.75, 3.05) is 0 Å². The highest BCUT2D eigenvalue weighted by Gasteiger charge is 1.75. The molecule has 0 bridgehead atoms. The highest BCUT2D eigenvalue weighted by atomic mass is 128. The number of hydrogen-bond donors (Lipinski definition) is 0. The van der Waals surface area contributed by atoms with Crippen molar-refractivity contribution in [1.29, 1.82) is 0 Å². The monoisotopic (exact) mass is 444 g/mol. The topological polar surface area (TPSA) is 0 Å². The molecule has 0 heterocycles. The van der Waals surface area contributed by atoms with Crippen molar-refractivity contribution in [1.82, 2.24) is 0 Å². The van der Waals surface area contributed by atoms with E-state index in [2.05, 4.69) is 37.2 Å². The summed E-state index contributed by atoms with van der Waals surface area (Å²) in [5, 5.41) is 0. The summed E-state index contributed by atoms with van der Waals surface area (Å²) in [6.07, 6.45) is -1.63. The van der Waals surface area contributed by atoms with Crippen LogP contribution in [0.5, 0.6) is 0 Å². The predicted octanol–water partition coefficient (Wildman–Crippen LogP) is 3.93. The second-order valence-electron chi connectivity index (χ2n) is 0.399. The highest BCUT2D eigenvalue weighted by Crippen LogP contribution is 1.98. The molecule has 0 nitrogen and oxygen atoms in total. The fraction of sp³-hybridized carbons (Fsp3) is 0. The van der Waals surface area contributed by atoms with Gasteiger partial charge in [0.15, 0.2) is 0 Å². The zero-order valence-electron chi connectivity index (χ0n) is 2.97. The summed E-state index contributed by atoms with van der Waals surface area (Å²) in [4.78, 5) is 0. The van der Waals surface area contributed by atoms with Gasteiger partial charge in [0, 0.05) is 41.3 Å². The van der Waals surface area contributed by atoms with Gasteiger partial charge >= 0.3 is 0 Å². The van der Waals surface area contributed by atoms with Crippen molar-refractivity contribution in [3.8, 4) is 0 Å². The van der Waals surface area contributed by atoms with Crippen molar-refractivity contribution in [2.24, 2.45) is 0 Å². The van der Waals surface area contributed by atoms with Crippen LogP contribution in [0.4, 0.5) is 8.78 Å². The quantitative estimate of drug-likeness (QED) is 0.498. The second kappa shape index (κ2) is 10.7. The standard InChI is InChI=1S/C2HF2I.I2/c3-2(4)1-5;1-2/h1H;. The van der Waals surface area contributed by atoms with Gasteiger partial charge in [0.2, 0.25) is 0 Å². The molecule has 0 aromatic carbocycles. The Balaban J connectivity index is 0. The Kier molecular flexibility index (Phi) is 17.7. The lowest BCUT2D eigenvalue weighted by molar-refractivity contribution is 0.425. The van der Waals surface area contributed by atoms with Crippen LogP contribution in [0, 0.1) is 0 Å². The fourth-order valence-electron chi connectivity index (χ4n) is 0. The van der Waals surface area contributed by atoms with Gasteiger partial charge in [-0.3, -0.25) is 0 Å². The highest BCUT2D eigenvalue weighted by molar-refractivity contribution is 15.0. The predicted molar refractivity (Wildman–Crippen MR) is 52.4 cm³/mol. The Bertz CT molecular complexity index is 48.9. The van der Waals surface area contributed by atoms with E-state index in [0.717, 1.165) is 4.08 Å². The Labute approximate surface area is 77.6 Å². The second-order valence-corrected chi connectivity index (χ2v) is 1.02. The van der Waals surface area contributed by atoms with E-state index in [4.69, 9.17) is 0 Å². The van der Waals surface area contributed by atoms with E-state index in [9.17, 15) is 8.78 Å². The Morgan fingerprint density at radius 3 is 1.43 bits per heavy atom. The largest absolute Gasteiger partial charge is 0.276 e. The lowest BCUT2D eigenvalue weighted by Gasteiger charge is -1.61. The average molecular weight is 444 g/mol. The molecule has 0 spiro atoms. The molecule has 0 saturated heterocycles. The summed E-state index contributed by atoms with van der Waals surface area (Å²) in [6, 6.07) is 0. The summed E-state index contributed by atoms with van der Waals surface area (Å²) in [5.74, 6) is 0. The molecule has 0 aliphatic rings. The van der Waals surface area contributed by atoms with Crippen LogP contribution in [0.3, 0.4) is 0 Å². The fourth-order valence-corrected chi connectivity index (χ4v) is 0. The minimum atomic E-state index is -1.63. The molecule has 0 aromatic heterocycles. The molecule has 7 heavy (non-hydrogen) atoms. The molecule has 5 heteroatoms. The maximum Gasteiger partial charge on any atom is 0.276 e. The summed E-state index contributed by atoms with van der Waals surface area (Å²) in [6.45, 7) is 0. The average Bonchev–Trinajstić information content (AvgIpc) is 1.73. The van der Waals surface area contributed by atoms with Crippen LogP contribution in [-0.2, 0) is 0 Å². The lowest BCUT2D eigenvalue weighted by atomic mass is 11.2. The first-order chi connectivity index (χ1) is 3.27. The lowest BCUT2D eigenvalue weighted by Crippen LogP contribution is -1.39. The minimum absolute atomic E-state index is 0.720. The van der Waals surface area contributed by atoms with Crippen LogP contribution >= 0.6 is 59.8 Å². The molecule has 0 N–H and O–H groups in total. The van der Waals surface area contributed by atoms with Gasteiger partial charge in [-0.05, 0) is 22.6 Å². The molecule has 0 radical (unpaired) electrons. The Morgan fingerprint density at radius 2 is 1.43 bits per heavy atom. The summed E-state index contributed by atoms with van der Waals surface area (Å²) in [5.41, 5.74) is 0. The van der Waals surface area contributed by atoms with Gasteiger partial charge in [-0.15, -0.1) is 0 Å². The number of hydrogen-bond acceptors (Lipinski definition) is 0. The van der Waals surface area contributed by atoms with Crippen molar-refractivity contribution in [3.63, 3.8) is 0 Å². The first kappa shape index (κ1) is 11.6. The number of rotatable bonds is 0. The van der Waals surface area contributed by atoms with Gasteiger partial charge in [0.1, 0.15) is 0 Å². The molecule has 44 valence electrons. The smallest absolute Gasteiger partial charge is 0.173 e. The van der Waals surface area contributed by atoms with E-state index < -0.39 is 6.08 Å². The molecule has 0 saturated carbocycles. The molecule has 0 amide bonds. The van der Waals surface area contributed by atoms with Crippen molar-refractivity contribution < 1.29 is 8.78 Å². The molecule has 0 unspecified atom stereocenters. The van der Waals surface area contributed by atoms with Crippen molar-refractivity contribution >= 4 is 59.8 Å². The van der Waals surface area contributed by atoms with Crippen LogP contribution in [-0.4, -0.2) is 0 Å². The molecule has 0 aromatic rings. The summed E-state index contributed by atoms with van der Waals surface area (Å²) < 4.78 is 22.0. The van der Waals surface area contributed by atoms with Crippen molar-refractivity contribution in [3.05, 3.63) is 10.2 Å². The Morgan fingerprint density at radius 1 is 1.29 bits per heavy atom. The van der Waals surface area contributed by atoms with E-state index in [1.54, 1.807) is 0 Å². The van der Waals surface area contributed by atoms with Crippen LogP contribution in [0.25, 0.3) is 0 Å². The first-order valence-corrected chi connectivity index (χ1v) is 8.56. The summed E-state index contributed by atoms with van der Waals surface area (Å²) in [7, 11) is 0. The molecule has 0 aliphatic heterocycles. The SMILES string of the molecule is FC(F)=CI.II. The maximum atomic E-state index is 10.6. The van der Waals surface area contributed by atoms with E-state index in [1.165, 1.54) is 22.6 Å². The van der Waals surface area contributed by atoms with Crippen LogP contribution in [0.1, 0.15) is 0 Å². The van der Waals surface area contributed by atoms with E-state index in [-0.39, 0.29) is 0 Å². The van der Waals surface area contributed by atoms with Gasteiger partial charge in [0.25, 0.3) is 6.08 Å². The molecule has 0 rings (SSSR count). The van der Waals surface area contributed by atoms with Crippen LogP contribution in [0.15, 0.2) is 10.2 Å². The molecule has 0 fully saturated rings. The maximum absolute atomic E-state index is 10.6. The van der Waals surface area contributed by atoms with Gasteiger partial charge in [0.05, 0.1) is 0 Å². The van der Waals surface area contributed by atoms with E-state index in [0.29, 0.717) is 0 Å². The normalized spacial score (nSPS) is 5.86.